The van der Waals surface area contributed by atoms with Crippen molar-refractivity contribution in [3.8, 4) is 17.4 Å². The molecule has 0 unspecified atom stereocenters. The van der Waals surface area contributed by atoms with Crippen LogP contribution in [0.15, 0.2) is 10.6 Å². The van der Waals surface area contributed by atoms with Crippen LogP contribution in [0.1, 0.15) is 103 Å². The third kappa shape index (κ3) is 6.42. The predicted molar refractivity (Wildman–Crippen MR) is 171 cm³/mol. The van der Waals surface area contributed by atoms with Gasteiger partial charge in [0.25, 0.3) is 0 Å². The van der Waals surface area contributed by atoms with Gasteiger partial charge in [-0.15, -0.1) is 0 Å². The molecule has 2 aliphatic carbocycles. The van der Waals surface area contributed by atoms with Crippen LogP contribution in [0.2, 0.25) is 0 Å². The molecule has 246 valence electrons. The number of rotatable bonds is 6. The summed E-state index contributed by atoms with van der Waals surface area (Å²) in [6.07, 6.45) is 9.42. The van der Waals surface area contributed by atoms with E-state index in [0.717, 1.165) is 101 Å². The van der Waals surface area contributed by atoms with Crippen molar-refractivity contribution in [1.82, 2.24) is 24.9 Å². The van der Waals surface area contributed by atoms with Gasteiger partial charge < -0.3 is 23.8 Å². The number of amides is 1. The van der Waals surface area contributed by atoms with Crippen LogP contribution in [0.3, 0.4) is 0 Å². The van der Waals surface area contributed by atoms with E-state index in [9.17, 15) is 9.59 Å². The topological polar surface area (TPSA) is 114 Å². The van der Waals surface area contributed by atoms with Crippen LogP contribution in [0.4, 0.5) is 10.6 Å². The first-order valence-corrected chi connectivity index (χ1v) is 16.9. The minimum atomic E-state index is -0.558. The number of likely N-dealkylation sites (N-methyl/N-ethyl adjacent to an activating group) is 1. The van der Waals surface area contributed by atoms with Crippen LogP contribution in [-0.2, 0) is 21.4 Å². The zero-order chi connectivity index (χ0) is 31.9. The maximum atomic E-state index is 13.3. The molecule has 2 aromatic heterocycles. The van der Waals surface area contributed by atoms with E-state index in [1.807, 2.05) is 33.9 Å². The maximum Gasteiger partial charge on any atom is 0.410 e. The minimum absolute atomic E-state index is 0.0457. The number of carbonyl (C=O) groups is 2. The quantitative estimate of drug-likeness (QED) is 0.406. The highest BCUT2D eigenvalue weighted by atomic mass is 16.6. The van der Waals surface area contributed by atoms with Crippen molar-refractivity contribution in [3.05, 3.63) is 17.4 Å². The summed E-state index contributed by atoms with van der Waals surface area (Å²) < 4.78 is 18.2. The van der Waals surface area contributed by atoms with E-state index in [1.165, 1.54) is 0 Å². The van der Waals surface area contributed by atoms with Gasteiger partial charge in [-0.05, 0) is 99.1 Å². The number of nitrogens with zero attached hydrogens (tertiary/aromatic N) is 6. The van der Waals surface area contributed by atoms with E-state index in [2.05, 4.69) is 28.9 Å². The second kappa shape index (κ2) is 12.5. The Balaban J connectivity index is 1.28. The van der Waals surface area contributed by atoms with Crippen LogP contribution in [0.5, 0.6) is 5.88 Å². The molecule has 4 aliphatic rings. The van der Waals surface area contributed by atoms with E-state index in [1.54, 1.807) is 4.90 Å². The lowest BCUT2D eigenvalue weighted by Crippen LogP contribution is -2.47. The average molecular weight is 623 g/mol. The fourth-order valence-electron chi connectivity index (χ4n) is 7.87. The van der Waals surface area contributed by atoms with Crippen LogP contribution in [-0.4, -0.2) is 94.3 Å². The molecule has 1 amide bonds. The molecule has 4 heterocycles. The molecule has 0 radical (unpaired) electrons. The Labute approximate surface area is 267 Å². The standard InChI is InChI=1S/C34H50N6O5/c1-22(25-12-10-18-38(25)5)43-28-21-27(40-19-14-23(15-20-40)39(6)32(42)44-33(2,3)4)35-31(36-28)29-24-11-9-17-34(30(24)45-37-29)16-8-7-13-26(34)41/h21-23,25H,7-20H2,1-6H3/t22-,25-,34+/m0/s1. The van der Waals surface area contributed by atoms with E-state index >= 15 is 0 Å². The first-order chi connectivity index (χ1) is 21.4. The fourth-order valence-corrected chi connectivity index (χ4v) is 7.87. The van der Waals surface area contributed by atoms with Gasteiger partial charge in [0.2, 0.25) is 5.88 Å². The molecule has 1 saturated carbocycles. The summed E-state index contributed by atoms with van der Waals surface area (Å²) in [5.41, 5.74) is 0.506. The molecule has 0 aromatic carbocycles. The Bertz CT molecular complexity index is 1400. The lowest BCUT2D eigenvalue weighted by molar-refractivity contribution is -0.128. The second-order valence-electron chi connectivity index (χ2n) is 14.6. The third-order valence-electron chi connectivity index (χ3n) is 10.4. The number of carbonyl (C=O) groups excluding carboxylic acids is 2. The predicted octanol–water partition coefficient (Wildman–Crippen LogP) is 5.55. The highest BCUT2D eigenvalue weighted by molar-refractivity contribution is 5.91. The number of aromatic nitrogens is 3. The van der Waals surface area contributed by atoms with Gasteiger partial charge in [-0.2, -0.15) is 4.98 Å². The van der Waals surface area contributed by atoms with Crippen molar-refractivity contribution >= 4 is 17.7 Å². The van der Waals surface area contributed by atoms with E-state index in [-0.39, 0.29) is 24.0 Å². The van der Waals surface area contributed by atoms with Crippen LogP contribution in [0, 0.1) is 0 Å². The Morgan fingerprint density at radius 3 is 2.51 bits per heavy atom. The van der Waals surface area contributed by atoms with Crippen molar-refractivity contribution in [2.24, 2.45) is 0 Å². The molecule has 0 bridgehead atoms. The smallest absolute Gasteiger partial charge is 0.410 e. The Hall–Kier alpha value is -3.21. The van der Waals surface area contributed by atoms with Gasteiger partial charge in [-0.3, -0.25) is 9.69 Å². The van der Waals surface area contributed by atoms with Crippen molar-refractivity contribution in [2.45, 2.75) is 128 Å². The number of hydrogen-bond donors (Lipinski definition) is 0. The number of fused-ring (bicyclic) bond motifs is 2. The SMILES string of the molecule is C[C@H](Oc1cc(N2CCC(N(C)C(=O)OC(C)(C)C)CC2)nc(-c2noc3c2CCC[C@@]32CCCCC2=O)n1)[C@@H]1CCCN1C. The minimum Gasteiger partial charge on any atom is -0.473 e. The fraction of sp³-hybridized carbons (Fsp3) is 0.735. The van der Waals surface area contributed by atoms with E-state index in [4.69, 9.17) is 24.0 Å². The second-order valence-corrected chi connectivity index (χ2v) is 14.6. The summed E-state index contributed by atoms with van der Waals surface area (Å²) in [7, 11) is 3.97. The number of Topliss-reactive ketones (excluding diaryl/α,β-unsaturated/α-hetero) is 1. The molecule has 11 nitrogen and oxygen atoms in total. The molecule has 2 aliphatic heterocycles. The summed E-state index contributed by atoms with van der Waals surface area (Å²) in [4.78, 5) is 42.3. The van der Waals surface area contributed by atoms with Gasteiger partial charge >= 0.3 is 6.09 Å². The maximum absolute atomic E-state index is 13.3. The Morgan fingerprint density at radius 1 is 1.07 bits per heavy atom. The van der Waals surface area contributed by atoms with Crippen molar-refractivity contribution in [1.29, 1.82) is 0 Å². The molecule has 0 N–H and O–H groups in total. The molecule has 45 heavy (non-hydrogen) atoms. The molecule has 2 aromatic rings. The molecular weight excluding hydrogens is 572 g/mol. The summed E-state index contributed by atoms with van der Waals surface area (Å²) in [5.74, 6) is 2.79. The molecule has 1 spiro atoms. The van der Waals surface area contributed by atoms with Gasteiger partial charge in [0.1, 0.15) is 23.3 Å². The van der Waals surface area contributed by atoms with Crippen molar-refractivity contribution < 1.29 is 23.6 Å². The van der Waals surface area contributed by atoms with Gasteiger partial charge in [-0.1, -0.05) is 11.6 Å². The number of anilines is 1. The largest absolute Gasteiger partial charge is 0.473 e. The molecule has 3 fully saturated rings. The number of ether oxygens (including phenoxy) is 2. The summed E-state index contributed by atoms with van der Waals surface area (Å²) in [5, 5.41) is 4.54. The zero-order valence-corrected chi connectivity index (χ0v) is 27.9. The normalized spacial score (nSPS) is 25.3. The monoisotopic (exact) mass is 622 g/mol. The van der Waals surface area contributed by atoms with Crippen LogP contribution < -0.4 is 9.64 Å². The Morgan fingerprint density at radius 2 is 1.82 bits per heavy atom. The number of ketones is 1. The van der Waals surface area contributed by atoms with E-state index in [0.29, 0.717) is 29.9 Å². The van der Waals surface area contributed by atoms with Gasteiger partial charge in [0.15, 0.2) is 17.3 Å². The van der Waals surface area contributed by atoms with Gasteiger partial charge in [0, 0.05) is 50.3 Å². The number of likely N-dealkylation sites (tertiary alicyclic amines) is 1. The van der Waals surface area contributed by atoms with E-state index < -0.39 is 11.0 Å². The first-order valence-electron chi connectivity index (χ1n) is 16.9. The highest BCUT2D eigenvalue weighted by Gasteiger charge is 2.48. The number of piperidine rings is 1. The van der Waals surface area contributed by atoms with Gasteiger partial charge in [-0.25, -0.2) is 9.78 Å². The van der Waals surface area contributed by atoms with Crippen molar-refractivity contribution in [2.75, 3.05) is 38.6 Å². The molecule has 11 heteroatoms. The Kier molecular flexibility index (Phi) is 8.84. The summed E-state index contributed by atoms with van der Waals surface area (Å²) in [6, 6.07) is 2.34. The molecule has 6 rings (SSSR count). The van der Waals surface area contributed by atoms with Crippen LogP contribution >= 0.6 is 0 Å². The molecular formula is C34H50N6O5. The average Bonchev–Trinajstić information content (AvgIpc) is 3.64. The lowest BCUT2D eigenvalue weighted by atomic mass is 9.64. The van der Waals surface area contributed by atoms with Gasteiger partial charge in [0.05, 0.1) is 5.41 Å². The lowest BCUT2D eigenvalue weighted by Gasteiger charge is -2.38. The van der Waals surface area contributed by atoms with Crippen molar-refractivity contribution in [3.63, 3.8) is 0 Å². The number of hydrogen-bond acceptors (Lipinski definition) is 10. The summed E-state index contributed by atoms with van der Waals surface area (Å²) >= 11 is 0. The highest BCUT2D eigenvalue weighted by Crippen LogP contribution is 2.47. The zero-order valence-electron chi connectivity index (χ0n) is 27.9. The summed E-state index contributed by atoms with van der Waals surface area (Å²) in [6.45, 7) is 10.3. The molecule has 2 saturated heterocycles. The van der Waals surface area contributed by atoms with Crippen LogP contribution in [0.25, 0.3) is 11.5 Å². The first kappa shape index (κ1) is 31.8. The third-order valence-corrected chi connectivity index (χ3v) is 10.4. The molecule has 3 atom stereocenters.